The van der Waals surface area contributed by atoms with Gasteiger partial charge in [-0.1, -0.05) is 0 Å². The molecule has 2 rings (SSSR count). The fraction of sp³-hybridized carbons (Fsp3) is 0.500. The molecule has 1 aliphatic rings. The predicted molar refractivity (Wildman–Crippen MR) is 91.9 cm³/mol. The number of hydrogen-bond donors (Lipinski definition) is 1. The summed E-state index contributed by atoms with van der Waals surface area (Å²) in [4.78, 5) is 5.65. The molecule has 0 bridgehead atoms. The smallest absolute Gasteiger partial charge is 0.207 e. The van der Waals surface area contributed by atoms with Crippen molar-refractivity contribution in [1.82, 2.24) is 4.90 Å². The molecule has 1 aromatic rings. The van der Waals surface area contributed by atoms with E-state index in [1.54, 1.807) is 52.3 Å². The van der Waals surface area contributed by atoms with Crippen LogP contribution in [0.25, 0.3) is 0 Å². The Kier molecular flexibility index (Phi) is 5.63. The monoisotopic (exact) mass is 342 g/mol. The molecule has 0 radical (unpaired) electrons. The Hall–Kier alpha value is -2.61. The molecule has 0 spiro atoms. The first-order chi connectivity index (χ1) is 11.9. The van der Waals surface area contributed by atoms with Crippen LogP contribution in [0.3, 0.4) is 0 Å². The number of nitriles is 2. The number of aliphatic imine (C=N–C) groups is 1. The minimum atomic E-state index is -0.894. The van der Waals surface area contributed by atoms with Crippen LogP contribution in [-0.4, -0.2) is 47.8 Å². The van der Waals surface area contributed by atoms with Crippen LogP contribution in [0.1, 0.15) is 37.9 Å². The van der Waals surface area contributed by atoms with Crippen LogP contribution in [0.2, 0.25) is 0 Å². The van der Waals surface area contributed by atoms with Gasteiger partial charge in [0.05, 0.1) is 24.3 Å². The van der Waals surface area contributed by atoms with Gasteiger partial charge in [0.25, 0.3) is 0 Å². The van der Waals surface area contributed by atoms with Gasteiger partial charge in [-0.3, -0.25) is 0 Å². The molecule has 1 aliphatic heterocycles. The molecule has 0 amide bonds. The zero-order valence-corrected chi connectivity index (χ0v) is 14.9. The summed E-state index contributed by atoms with van der Waals surface area (Å²) >= 11 is 0. The minimum Gasteiger partial charge on any atom is -0.485 e. The van der Waals surface area contributed by atoms with Gasteiger partial charge in [-0.25, -0.2) is 0 Å². The number of ether oxygens (including phenoxy) is 2. The lowest BCUT2D eigenvalue weighted by atomic mass is 9.85. The van der Waals surface area contributed by atoms with Gasteiger partial charge in [-0.2, -0.15) is 15.5 Å². The van der Waals surface area contributed by atoms with Crippen molar-refractivity contribution in [3.8, 4) is 18.0 Å². The molecule has 1 N–H and O–H groups in total. The molecule has 1 heterocycles. The average Bonchev–Trinajstić information content (AvgIpc) is 2.57. The van der Waals surface area contributed by atoms with Crippen LogP contribution in [0, 0.1) is 22.8 Å². The van der Waals surface area contributed by atoms with Crippen molar-refractivity contribution in [2.24, 2.45) is 4.99 Å². The van der Waals surface area contributed by atoms with Crippen molar-refractivity contribution in [2.45, 2.75) is 38.5 Å². The molecule has 0 unspecified atom stereocenters. The SMILES string of the molecule is COCCN(C(C)=NC#N)[C@H]1c2cc(C#N)ccc2OC(C)(C)[C@@H]1O. The van der Waals surface area contributed by atoms with Crippen LogP contribution in [0.4, 0.5) is 0 Å². The quantitative estimate of drug-likeness (QED) is 0.510. The van der Waals surface area contributed by atoms with Crippen molar-refractivity contribution in [3.05, 3.63) is 29.3 Å². The van der Waals surface area contributed by atoms with Crippen molar-refractivity contribution >= 4 is 5.84 Å². The Morgan fingerprint density at radius 1 is 1.44 bits per heavy atom. The summed E-state index contributed by atoms with van der Waals surface area (Å²) in [6.45, 7) is 6.15. The van der Waals surface area contributed by atoms with E-state index >= 15 is 0 Å². The summed E-state index contributed by atoms with van der Waals surface area (Å²) in [5, 5.41) is 29.1. The normalized spacial score (nSPS) is 21.5. The molecular formula is C18H22N4O3. The maximum absolute atomic E-state index is 11.0. The predicted octanol–water partition coefficient (Wildman–Crippen LogP) is 1.98. The van der Waals surface area contributed by atoms with Gasteiger partial charge in [-0.15, -0.1) is 0 Å². The standard InChI is InChI=1S/C18H22N4O3/c1-12(21-11-20)22(7-8-24-4)16-14-9-13(10-19)5-6-15(14)25-18(2,3)17(16)23/h5-6,9,16-17,23H,7-8H2,1-4H3/t16-,17+/m0/s1. The van der Waals surface area contributed by atoms with Gasteiger partial charge < -0.3 is 19.5 Å². The number of benzene rings is 1. The number of aliphatic hydroxyl groups is 1. The van der Waals surface area contributed by atoms with Crippen molar-refractivity contribution < 1.29 is 14.6 Å². The van der Waals surface area contributed by atoms with E-state index in [4.69, 9.17) is 14.7 Å². The van der Waals surface area contributed by atoms with E-state index in [1.165, 1.54) is 0 Å². The third kappa shape index (κ3) is 3.74. The lowest BCUT2D eigenvalue weighted by Crippen LogP contribution is -2.55. The van der Waals surface area contributed by atoms with Gasteiger partial charge in [0.15, 0.2) is 0 Å². The fourth-order valence-electron chi connectivity index (χ4n) is 3.00. The largest absolute Gasteiger partial charge is 0.485 e. The summed E-state index contributed by atoms with van der Waals surface area (Å²) in [5.41, 5.74) is 0.319. The Labute approximate surface area is 147 Å². The second-order valence-electron chi connectivity index (χ2n) is 6.40. The van der Waals surface area contributed by atoms with Crippen LogP contribution in [0.15, 0.2) is 23.2 Å². The van der Waals surface area contributed by atoms with E-state index in [0.29, 0.717) is 35.9 Å². The Morgan fingerprint density at radius 3 is 2.76 bits per heavy atom. The number of rotatable bonds is 4. The van der Waals surface area contributed by atoms with Gasteiger partial charge in [0.2, 0.25) is 6.19 Å². The first kappa shape index (κ1) is 18.7. The highest BCUT2D eigenvalue weighted by Gasteiger charge is 2.45. The highest BCUT2D eigenvalue weighted by atomic mass is 16.5. The molecule has 0 saturated heterocycles. The van der Waals surface area contributed by atoms with Crippen molar-refractivity contribution in [2.75, 3.05) is 20.3 Å². The number of nitrogens with zero attached hydrogens (tertiary/aromatic N) is 4. The third-order valence-electron chi connectivity index (χ3n) is 4.34. The summed E-state index contributed by atoms with van der Waals surface area (Å²) in [7, 11) is 1.58. The van der Waals surface area contributed by atoms with Crippen LogP contribution in [0.5, 0.6) is 5.75 Å². The molecule has 0 aliphatic carbocycles. The number of amidine groups is 1. The lowest BCUT2D eigenvalue weighted by molar-refractivity contribution is -0.0832. The molecule has 0 fully saturated rings. The first-order valence-electron chi connectivity index (χ1n) is 7.95. The number of methoxy groups -OCH3 is 1. The molecule has 0 saturated carbocycles. The molecule has 7 heteroatoms. The highest BCUT2D eigenvalue weighted by molar-refractivity contribution is 5.81. The Bertz CT molecular complexity index is 746. The number of fused-ring (bicyclic) bond motifs is 1. The molecule has 1 aromatic carbocycles. The highest BCUT2D eigenvalue weighted by Crippen LogP contribution is 2.43. The summed E-state index contributed by atoms with van der Waals surface area (Å²) in [6, 6.07) is 6.71. The first-order valence-corrected chi connectivity index (χ1v) is 7.95. The van der Waals surface area contributed by atoms with Gasteiger partial charge in [0, 0.05) is 19.2 Å². The van der Waals surface area contributed by atoms with E-state index in [0.717, 1.165) is 0 Å². The molecular weight excluding hydrogens is 320 g/mol. The van der Waals surface area contributed by atoms with E-state index in [-0.39, 0.29) is 0 Å². The lowest BCUT2D eigenvalue weighted by Gasteiger charge is -2.46. The van der Waals surface area contributed by atoms with E-state index < -0.39 is 17.7 Å². The Morgan fingerprint density at radius 2 is 2.16 bits per heavy atom. The van der Waals surface area contributed by atoms with Gasteiger partial charge >= 0.3 is 0 Å². The molecule has 7 nitrogen and oxygen atoms in total. The second kappa shape index (κ2) is 7.52. The van der Waals surface area contributed by atoms with Crippen LogP contribution < -0.4 is 4.74 Å². The minimum absolute atomic E-state index is 0.399. The van der Waals surface area contributed by atoms with Gasteiger partial charge in [0.1, 0.15) is 23.3 Å². The second-order valence-corrected chi connectivity index (χ2v) is 6.40. The summed E-state index contributed by atoms with van der Waals surface area (Å²) in [6.07, 6.45) is 0.892. The van der Waals surface area contributed by atoms with Crippen molar-refractivity contribution in [3.63, 3.8) is 0 Å². The van der Waals surface area contributed by atoms with Crippen LogP contribution in [-0.2, 0) is 4.74 Å². The zero-order valence-electron chi connectivity index (χ0n) is 14.9. The van der Waals surface area contributed by atoms with Crippen LogP contribution >= 0.6 is 0 Å². The fourth-order valence-corrected chi connectivity index (χ4v) is 3.00. The zero-order chi connectivity index (χ0) is 18.6. The summed E-state index contributed by atoms with van der Waals surface area (Å²) in [5.74, 6) is 1.07. The maximum atomic E-state index is 11.0. The molecule has 2 atom stereocenters. The molecule has 132 valence electrons. The van der Waals surface area contributed by atoms with Gasteiger partial charge in [-0.05, 0) is 39.0 Å². The van der Waals surface area contributed by atoms with Crippen molar-refractivity contribution in [1.29, 1.82) is 10.5 Å². The maximum Gasteiger partial charge on any atom is 0.207 e. The molecule has 0 aromatic heterocycles. The summed E-state index contributed by atoms with van der Waals surface area (Å²) < 4.78 is 11.1. The van der Waals surface area contributed by atoms with E-state index in [1.807, 2.05) is 4.90 Å². The van der Waals surface area contributed by atoms with E-state index in [2.05, 4.69) is 11.1 Å². The molecule has 25 heavy (non-hydrogen) atoms. The topological polar surface area (TPSA) is 102 Å². The number of aliphatic hydroxyl groups excluding tert-OH is 1. The Balaban J connectivity index is 2.60. The van der Waals surface area contributed by atoms with E-state index in [9.17, 15) is 10.4 Å². The third-order valence-corrected chi connectivity index (χ3v) is 4.34. The number of hydrogen-bond acceptors (Lipinski definition) is 6. The average molecular weight is 342 g/mol.